The first-order chi connectivity index (χ1) is 6.77. The van der Waals surface area contributed by atoms with Gasteiger partial charge in [-0.1, -0.05) is 0 Å². The van der Waals surface area contributed by atoms with Gasteiger partial charge in [-0.05, 0) is 36.8 Å². The lowest BCUT2D eigenvalue weighted by Gasteiger charge is -2.07. The standard InChI is InChI=1S/C11H14N2O/c14-10-5-8(1-4-12-10)9-6-11(2-3-11)13-7-9/h1,4-5,9,13H,2-3,6-7H2,(H,12,14)/t9-/m1/s1. The molecule has 1 aromatic rings. The molecule has 2 heterocycles. The van der Waals surface area contributed by atoms with E-state index < -0.39 is 0 Å². The van der Waals surface area contributed by atoms with Crippen LogP contribution in [0.4, 0.5) is 0 Å². The van der Waals surface area contributed by atoms with Crippen LogP contribution in [-0.4, -0.2) is 17.1 Å². The molecule has 3 rings (SSSR count). The third-order valence-electron chi connectivity index (χ3n) is 3.48. The fraction of sp³-hybridized carbons (Fsp3) is 0.545. The molecule has 3 heteroatoms. The lowest BCUT2D eigenvalue weighted by Crippen LogP contribution is -2.22. The van der Waals surface area contributed by atoms with Crippen molar-refractivity contribution in [1.29, 1.82) is 0 Å². The van der Waals surface area contributed by atoms with Crippen molar-refractivity contribution < 1.29 is 0 Å². The van der Waals surface area contributed by atoms with Gasteiger partial charge in [0, 0.05) is 24.3 Å². The quantitative estimate of drug-likeness (QED) is 0.693. The molecule has 1 atom stereocenters. The normalized spacial score (nSPS) is 28.1. The minimum absolute atomic E-state index is 0.0132. The molecule has 1 aliphatic heterocycles. The summed E-state index contributed by atoms with van der Waals surface area (Å²) in [4.78, 5) is 13.8. The van der Waals surface area contributed by atoms with Crippen molar-refractivity contribution in [3.63, 3.8) is 0 Å². The van der Waals surface area contributed by atoms with Gasteiger partial charge in [0.15, 0.2) is 0 Å². The van der Waals surface area contributed by atoms with E-state index in [0.29, 0.717) is 11.5 Å². The number of hydrogen-bond acceptors (Lipinski definition) is 2. The Morgan fingerprint density at radius 2 is 2.29 bits per heavy atom. The third kappa shape index (κ3) is 1.28. The number of H-pyrrole nitrogens is 1. The molecule has 0 amide bonds. The van der Waals surface area contributed by atoms with Crippen LogP contribution >= 0.6 is 0 Å². The number of rotatable bonds is 1. The van der Waals surface area contributed by atoms with E-state index in [1.54, 1.807) is 12.3 Å². The van der Waals surface area contributed by atoms with Gasteiger partial charge in [-0.2, -0.15) is 0 Å². The van der Waals surface area contributed by atoms with Crippen molar-refractivity contribution in [2.45, 2.75) is 30.7 Å². The van der Waals surface area contributed by atoms with Gasteiger partial charge in [0.05, 0.1) is 0 Å². The highest BCUT2D eigenvalue weighted by molar-refractivity contribution is 5.23. The van der Waals surface area contributed by atoms with Crippen LogP contribution in [0, 0.1) is 0 Å². The topological polar surface area (TPSA) is 44.9 Å². The Morgan fingerprint density at radius 1 is 1.43 bits per heavy atom. The maximum atomic E-state index is 11.1. The molecule has 2 N–H and O–H groups in total. The maximum absolute atomic E-state index is 11.1. The smallest absolute Gasteiger partial charge is 0.248 e. The van der Waals surface area contributed by atoms with Crippen molar-refractivity contribution in [3.8, 4) is 0 Å². The van der Waals surface area contributed by atoms with E-state index in [0.717, 1.165) is 6.54 Å². The summed E-state index contributed by atoms with van der Waals surface area (Å²) in [6.07, 6.45) is 5.57. The van der Waals surface area contributed by atoms with Crippen molar-refractivity contribution >= 4 is 0 Å². The van der Waals surface area contributed by atoms with Crippen LogP contribution in [0.25, 0.3) is 0 Å². The van der Waals surface area contributed by atoms with Gasteiger partial charge in [0.25, 0.3) is 0 Å². The second kappa shape index (κ2) is 2.70. The average molecular weight is 190 g/mol. The van der Waals surface area contributed by atoms with E-state index in [2.05, 4.69) is 10.3 Å². The Balaban J connectivity index is 1.86. The highest BCUT2D eigenvalue weighted by atomic mass is 16.1. The Morgan fingerprint density at radius 3 is 2.93 bits per heavy atom. The van der Waals surface area contributed by atoms with Crippen molar-refractivity contribution in [2.75, 3.05) is 6.54 Å². The number of aromatic amines is 1. The molecule has 2 fully saturated rings. The van der Waals surface area contributed by atoms with Gasteiger partial charge in [-0.15, -0.1) is 0 Å². The summed E-state index contributed by atoms with van der Waals surface area (Å²) in [6.45, 7) is 1.03. The predicted molar refractivity (Wildman–Crippen MR) is 54.4 cm³/mol. The summed E-state index contributed by atoms with van der Waals surface area (Å²) in [5.74, 6) is 0.541. The summed E-state index contributed by atoms with van der Waals surface area (Å²) >= 11 is 0. The van der Waals surface area contributed by atoms with Crippen molar-refractivity contribution in [1.82, 2.24) is 10.3 Å². The third-order valence-corrected chi connectivity index (χ3v) is 3.48. The van der Waals surface area contributed by atoms with Crippen LogP contribution in [0.2, 0.25) is 0 Å². The van der Waals surface area contributed by atoms with Crippen LogP contribution < -0.4 is 10.9 Å². The van der Waals surface area contributed by atoms with Gasteiger partial charge >= 0.3 is 0 Å². The van der Waals surface area contributed by atoms with E-state index in [-0.39, 0.29) is 5.56 Å². The molecule has 2 aliphatic rings. The highest BCUT2D eigenvalue weighted by Gasteiger charge is 2.48. The number of nitrogens with one attached hydrogen (secondary N) is 2. The minimum atomic E-state index is 0.0132. The lowest BCUT2D eigenvalue weighted by atomic mass is 9.96. The van der Waals surface area contributed by atoms with Gasteiger partial charge in [-0.3, -0.25) is 4.79 Å². The Hall–Kier alpha value is -1.09. The fourth-order valence-corrected chi connectivity index (χ4v) is 2.44. The molecule has 0 aromatic carbocycles. The zero-order valence-corrected chi connectivity index (χ0v) is 8.05. The van der Waals surface area contributed by atoms with Crippen molar-refractivity contribution in [3.05, 3.63) is 34.2 Å². The Bertz CT molecular complexity index is 406. The Kier molecular flexibility index (Phi) is 1.59. The van der Waals surface area contributed by atoms with Crippen molar-refractivity contribution in [2.24, 2.45) is 0 Å². The van der Waals surface area contributed by atoms with Gasteiger partial charge in [0.1, 0.15) is 0 Å². The Labute approximate surface area is 82.5 Å². The van der Waals surface area contributed by atoms with E-state index in [1.165, 1.54) is 24.8 Å². The molecule has 1 aromatic heterocycles. The van der Waals surface area contributed by atoms with Gasteiger partial charge in [-0.25, -0.2) is 0 Å². The van der Waals surface area contributed by atoms with Gasteiger partial charge < -0.3 is 10.3 Å². The maximum Gasteiger partial charge on any atom is 0.248 e. The van der Waals surface area contributed by atoms with Crippen LogP contribution in [0.15, 0.2) is 23.1 Å². The summed E-state index contributed by atoms with van der Waals surface area (Å²) in [7, 11) is 0. The van der Waals surface area contributed by atoms with Gasteiger partial charge in [0.2, 0.25) is 5.56 Å². The fourth-order valence-electron chi connectivity index (χ4n) is 2.44. The van der Waals surface area contributed by atoms with E-state index in [4.69, 9.17) is 0 Å². The first-order valence-electron chi connectivity index (χ1n) is 5.21. The van der Waals surface area contributed by atoms with E-state index in [9.17, 15) is 4.79 Å². The monoisotopic (exact) mass is 190 g/mol. The summed E-state index contributed by atoms with van der Waals surface area (Å²) in [5.41, 5.74) is 1.65. The summed E-state index contributed by atoms with van der Waals surface area (Å²) in [6, 6.07) is 3.75. The van der Waals surface area contributed by atoms with Crippen LogP contribution in [0.1, 0.15) is 30.7 Å². The minimum Gasteiger partial charge on any atom is -0.329 e. The largest absolute Gasteiger partial charge is 0.329 e. The molecule has 0 radical (unpaired) electrons. The molecule has 14 heavy (non-hydrogen) atoms. The molecule has 1 spiro atoms. The molecular weight excluding hydrogens is 176 g/mol. The first-order valence-corrected chi connectivity index (χ1v) is 5.21. The predicted octanol–water partition coefficient (Wildman–Crippen LogP) is 0.984. The molecular formula is C11H14N2O. The number of hydrogen-bond donors (Lipinski definition) is 2. The van der Waals surface area contributed by atoms with Crippen LogP contribution in [-0.2, 0) is 0 Å². The van der Waals surface area contributed by atoms with E-state index in [1.807, 2.05) is 6.07 Å². The average Bonchev–Trinajstić information content (AvgIpc) is 2.76. The molecule has 1 saturated carbocycles. The summed E-state index contributed by atoms with van der Waals surface area (Å²) in [5, 5.41) is 3.56. The molecule has 1 aliphatic carbocycles. The molecule has 0 bridgehead atoms. The molecule has 0 unspecified atom stereocenters. The first kappa shape index (κ1) is 8.24. The highest BCUT2D eigenvalue weighted by Crippen LogP contribution is 2.47. The number of aromatic nitrogens is 1. The van der Waals surface area contributed by atoms with Crippen LogP contribution in [0.3, 0.4) is 0 Å². The lowest BCUT2D eigenvalue weighted by molar-refractivity contribution is 0.595. The molecule has 3 nitrogen and oxygen atoms in total. The SMILES string of the molecule is O=c1cc([C@H]2CNC3(CC3)C2)cc[nH]1. The van der Waals surface area contributed by atoms with E-state index >= 15 is 0 Å². The molecule has 74 valence electrons. The second-order valence-corrected chi connectivity index (χ2v) is 4.55. The summed E-state index contributed by atoms with van der Waals surface area (Å²) < 4.78 is 0. The zero-order valence-electron chi connectivity index (χ0n) is 8.05. The zero-order chi connectivity index (χ0) is 9.60. The second-order valence-electron chi connectivity index (χ2n) is 4.55. The molecule has 1 saturated heterocycles. The number of pyridine rings is 1. The van der Waals surface area contributed by atoms with Crippen LogP contribution in [0.5, 0.6) is 0 Å².